The quantitative estimate of drug-likeness (QED) is 0.668. The Morgan fingerprint density at radius 1 is 1.04 bits per heavy atom. The topological polar surface area (TPSA) is 55.4 Å². The number of halogens is 5. The number of ether oxygens (including phenoxy) is 1. The third-order valence-corrected chi connectivity index (χ3v) is 2.99. The summed E-state index contributed by atoms with van der Waals surface area (Å²) >= 11 is 0. The van der Waals surface area contributed by atoms with Crippen molar-refractivity contribution < 1.29 is 36.3 Å². The van der Waals surface area contributed by atoms with Crippen LogP contribution in [-0.2, 0) is 15.7 Å². The molecule has 4 nitrogen and oxygen atoms in total. The molecule has 2 rings (SSSR count). The summed E-state index contributed by atoms with van der Waals surface area (Å²) < 4.78 is 69.1. The minimum absolute atomic E-state index is 0.363. The van der Waals surface area contributed by atoms with Gasteiger partial charge in [0.15, 0.2) is 6.61 Å². The van der Waals surface area contributed by atoms with Crippen LogP contribution in [0.5, 0.6) is 0 Å². The summed E-state index contributed by atoms with van der Waals surface area (Å²) in [6.07, 6.45) is -4.77. The van der Waals surface area contributed by atoms with Gasteiger partial charge < -0.3 is 10.1 Å². The lowest BCUT2D eigenvalue weighted by Gasteiger charge is -2.12. The summed E-state index contributed by atoms with van der Waals surface area (Å²) in [6, 6.07) is 6.28. The summed E-state index contributed by atoms with van der Waals surface area (Å²) in [5, 5.41) is 2.01. The number of alkyl halides is 3. The molecule has 0 aliphatic carbocycles. The van der Waals surface area contributed by atoms with E-state index in [4.69, 9.17) is 0 Å². The van der Waals surface area contributed by atoms with E-state index in [0.717, 1.165) is 24.3 Å². The maximum absolute atomic E-state index is 13.4. The van der Waals surface area contributed by atoms with Crippen molar-refractivity contribution in [1.29, 1.82) is 0 Å². The fraction of sp³-hybridized carbons (Fsp3) is 0.125. The van der Waals surface area contributed by atoms with Gasteiger partial charge in [0.2, 0.25) is 0 Å². The molecule has 1 amide bonds. The molecule has 0 aliphatic heterocycles. The molecule has 0 atom stereocenters. The van der Waals surface area contributed by atoms with E-state index < -0.39 is 47.4 Å². The van der Waals surface area contributed by atoms with Crippen molar-refractivity contribution in [2.75, 3.05) is 11.9 Å². The van der Waals surface area contributed by atoms with E-state index in [0.29, 0.717) is 12.1 Å². The van der Waals surface area contributed by atoms with Crippen LogP contribution in [0.15, 0.2) is 42.5 Å². The fourth-order valence-corrected chi connectivity index (χ4v) is 1.89. The van der Waals surface area contributed by atoms with Gasteiger partial charge in [-0.05, 0) is 24.3 Å². The standard InChI is InChI=1S/C16H10F5NO3/c17-9-5-6-13(12(18)7-9)22-14(23)8-25-15(24)10-3-1-2-4-11(10)16(19,20)21/h1-7H,8H2,(H,22,23). The number of carbonyl (C=O) groups excluding carboxylic acids is 2. The van der Waals surface area contributed by atoms with Crippen molar-refractivity contribution in [2.24, 2.45) is 0 Å². The first-order chi connectivity index (χ1) is 11.7. The van der Waals surface area contributed by atoms with Gasteiger partial charge in [0.05, 0.1) is 16.8 Å². The number of nitrogens with one attached hydrogen (secondary N) is 1. The monoisotopic (exact) mass is 359 g/mol. The van der Waals surface area contributed by atoms with E-state index in [9.17, 15) is 31.5 Å². The van der Waals surface area contributed by atoms with Crippen molar-refractivity contribution in [3.05, 3.63) is 65.2 Å². The molecule has 0 heterocycles. The zero-order valence-corrected chi connectivity index (χ0v) is 12.4. The van der Waals surface area contributed by atoms with Gasteiger partial charge in [-0.3, -0.25) is 4.79 Å². The fourth-order valence-electron chi connectivity index (χ4n) is 1.89. The predicted molar refractivity (Wildman–Crippen MR) is 76.7 cm³/mol. The molecule has 2 aromatic rings. The van der Waals surface area contributed by atoms with Gasteiger partial charge in [0.25, 0.3) is 5.91 Å². The molecule has 0 spiro atoms. The first-order valence-corrected chi connectivity index (χ1v) is 6.76. The molecule has 9 heteroatoms. The molecule has 0 bridgehead atoms. The van der Waals surface area contributed by atoms with Gasteiger partial charge in [-0.25, -0.2) is 13.6 Å². The lowest BCUT2D eigenvalue weighted by atomic mass is 10.1. The van der Waals surface area contributed by atoms with E-state index in [1.807, 2.05) is 5.32 Å². The lowest BCUT2D eigenvalue weighted by Crippen LogP contribution is -2.23. The van der Waals surface area contributed by atoms with Crippen molar-refractivity contribution in [3.63, 3.8) is 0 Å². The Hall–Kier alpha value is -2.97. The van der Waals surface area contributed by atoms with E-state index >= 15 is 0 Å². The van der Waals surface area contributed by atoms with Crippen LogP contribution in [0, 0.1) is 11.6 Å². The van der Waals surface area contributed by atoms with E-state index in [-0.39, 0.29) is 5.69 Å². The summed E-state index contributed by atoms with van der Waals surface area (Å²) in [5.74, 6) is -4.27. The first kappa shape index (κ1) is 18.4. The Kier molecular flexibility index (Phi) is 5.35. The lowest BCUT2D eigenvalue weighted by molar-refractivity contribution is -0.138. The third kappa shape index (κ3) is 4.75. The minimum atomic E-state index is -4.77. The number of carbonyl (C=O) groups is 2. The average molecular weight is 359 g/mol. The molecular weight excluding hydrogens is 349 g/mol. The Morgan fingerprint density at radius 2 is 1.72 bits per heavy atom. The van der Waals surface area contributed by atoms with Gasteiger partial charge in [0.1, 0.15) is 11.6 Å². The van der Waals surface area contributed by atoms with E-state index in [1.54, 1.807) is 0 Å². The van der Waals surface area contributed by atoms with Crippen molar-refractivity contribution in [3.8, 4) is 0 Å². The van der Waals surface area contributed by atoms with E-state index in [1.165, 1.54) is 6.07 Å². The highest BCUT2D eigenvalue weighted by molar-refractivity contribution is 5.96. The van der Waals surface area contributed by atoms with Gasteiger partial charge in [-0.15, -0.1) is 0 Å². The Morgan fingerprint density at radius 3 is 2.36 bits per heavy atom. The molecule has 132 valence electrons. The maximum atomic E-state index is 13.4. The molecule has 0 fully saturated rings. The highest BCUT2D eigenvalue weighted by atomic mass is 19.4. The van der Waals surface area contributed by atoms with Gasteiger partial charge >= 0.3 is 12.1 Å². The largest absolute Gasteiger partial charge is 0.452 e. The van der Waals surface area contributed by atoms with Crippen LogP contribution in [0.25, 0.3) is 0 Å². The Bertz CT molecular complexity index is 805. The molecule has 0 saturated heterocycles. The summed E-state index contributed by atoms with van der Waals surface area (Å²) in [7, 11) is 0. The Balaban J connectivity index is 2.02. The molecule has 25 heavy (non-hydrogen) atoms. The smallest absolute Gasteiger partial charge is 0.417 e. The molecule has 0 radical (unpaired) electrons. The van der Waals surface area contributed by atoms with Crippen LogP contribution in [0.2, 0.25) is 0 Å². The van der Waals surface area contributed by atoms with Crippen LogP contribution in [0.4, 0.5) is 27.6 Å². The van der Waals surface area contributed by atoms with Crippen LogP contribution >= 0.6 is 0 Å². The molecule has 1 N–H and O–H groups in total. The molecule has 2 aromatic carbocycles. The Labute approximate surface area is 138 Å². The average Bonchev–Trinajstić information content (AvgIpc) is 2.54. The second kappa shape index (κ2) is 7.29. The van der Waals surface area contributed by atoms with Crippen LogP contribution < -0.4 is 5.32 Å². The number of hydrogen-bond acceptors (Lipinski definition) is 3. The molecule has 0 aliphatic rings. The van der Waals surface area contributed by atoms with Crippen LogP contribution in [0.3, 0.4) is 0 Å². The van der Waals surface area contributed by atoms with Crippen molar-refractivity contribution >= 4 is 17.6 Å². The summed E-state index contributed by atoms with van der Waals surface area (Å²) in [6.45, 7) is -0.943. The summed E-state index contributed by atoms with van der Waals surface area (Å²) in [5.41, 5.74) is -2.32. The SMILES string of the molecule is O=C(COC(=O)c1ccccc1C(F)(F)F)Nc1ccc(F)cc1F. The predicted octanol–water partition coefficient (Wildman–Crippen LogP) is 3.78. The second-order valence-electron chi connectivity index (χ2n) is 4.79. The summed E-state index contributed by atoms with van der Waals surface area (Å²) in [4.78, 5) is 23.4. The number of anilines is 1. The van der Waals surface area contributed by atoms with Gasteiger partial charge in [-0.2, -0.15) is 13.2 Å². The zero-order chi connectivity index (χ0) is 18.6. The number of esters is 1. The number of rotatable bonds is 4. The molecular formula is C16H10F5NO3. The van der Waals surface area contributed by atoms with Crippen molar-refractivity contribution in [2.45, 2.75) is 6.18 Å². The molecule has 0 aromatic heterocycles. The van der Waals surface area contributed by atoms with E-state index in [2.05, 4.69) is 4.74 Å². The second-order valence-corrected chi connectivity index (χ2v) is 4.79. The van der Waals surface area contributed by atoms with Gasteiger partial charge in [0, 0.05) is 6.07 Å². The highest BCUT2D eigenvalue weighted by Gasteiger charge is 2.35. The van der Waals surface area contributed by atoms with Gasteiger partial charge in [-0.1, -0.05) is 12.1 Å². The maximum Gasteiger partial charge on any atom is 0.417 e. The first-order valence-electron chi connectivity index (χ1n) is 6.76. The number of amides is 1. The molecule has 0 unspecified atom stereocenters. The molecule has 0 saturated carbocycles. The van der Waals surface area contributed by atoms with Crippen LogP contribution in [0.1, 0.15) is 15.9 Å². The number of hydrogen-bond donors (Lipinski definition) is 1. The number of benzene rings is 2. The van der Waals surface area contributed by atoms with Crippen molar-refractivity contribution in [1.82, 2.24) is 0 Å². The normalized spacial score (nSPS) is 11.1. The minimum Gasteiger partial charge on any atom is -0.452 e. The van der Waals surface area contributed by atoms with Crippen LogP contribution in [-0.4, -0.2) is 18.5 Å². The zero-order valence-electron chi connectivity index (χ0n) is 12.4. The third-order valence-electron chi connectivity index (χ3n) is 2.99. The highest BCUT2D eigenvalue weighted by Crippen LogP contribution is 2.32.